The van der Waals surface area contributed by atoms with Crippen LogP contribution in [0.5, 0.6) is 0 Å². The zero-order chi connectivity index (χ0) is 16.8. The van der Waals surface area contributed by atoms with Gasteiger partial charge in [-0.15, -0.1) is 5.10 Å². The van der Waals surface area contributed by atoms with Gasteiger partial charge in [-0.25, -0.2) is 4.98 Å². The van der Waals surface area contributed by atoms with Crippen molar-refractivity contribution >= 4 is 22.4 Å². The fourth-order valence-electron chi connectivity index (χ4n) is 4.69. The second-order valence-electron chi connectivity index (χ2n) is 7.34. The fourth-order valence-corrected chi connectivity index (χ4v) is 4.69. The molecule has 0 N–H and O–H groups in total. The molecular weight excluding hydrogens is 312 g/mol. The molecular formula is C20H22N4O. The van der Waals surface area contributed by atoms with Crippen molar-refractivity contribution in [2.75, 3.05) is 11.4 Å². The summed E-state index contributed by atoms with van der Waals surface area (Å²) in [4.78, 5) is 19.9. The maximum Gasteiger partial charge on any atom is 0.282 e. The molecule has 3 aromatic rings. The smallest absolute Gasteiger partial charge is 0.282 e. The molecule has 3 heterocycles. The van der Waals surface area contributed by atoms with Gasteiger partial charge in [0.05, 0.1) is 10.9 Å². The maximum absolute atomic E-state index is 12.8. The molecule has 0 spiro atoms. The molecule has 1 saturated heterocycles. The molecule has 1 aliphatic heterocycles. The van der Waals surface area contributed by atoms with Crippen molar-refractivity contribution in [3.05, 3.63) is 46.8 Å². The highest BCUT2D eigenvalue weighted by Gasteiger charge is 2.34. The number of para-hydroxylation sites is 1. The lowest BCUT2D eigenvalue weighted by Gasteiger charge is -2.44. The van der Waals surface area contributed by atoms with E-state index in [-0.39, 0.29) is 5.56 Å². The Bertz CT molecular complexity index is 994. The van der Waals surface area contributed by atoms with Gasteiger partial charge in [0.15, 0.2) is 5.65 Å². The Morgan fingerprint density at radius 2 is 1.80 bits per heavy atom. The molecule has 1 aromatic carbocycles. The summed E-state index contributed by atoms with van der Waals surface area (Å²) < 4.78 is 1.48. The highest BCUT2D eigenvalue weighted by atomic mass is 16.1. The van der Waals surface area contributed by atoms with Crippen molar-refractivity contribution in [3.8, 4) is 0 Å². The number of fused-ring (bicyclic) bond motifs is 3. The number of benzene rings is 1. The average Bonchev–Trinajstić information content (AvgIpc) is 2.68. The monoisotopic (exact) mass is 334 g/mol. The van der Waals surface area contributed by atoms with Crippen LogP contribution in [-0.2, 0) is 0 Å². The molecule has 2 aliphatic rings. The molecule has 2 atom stereocenters. The summed E-state index contributed by atoms with van der Waals surface area (Å²) in [6.07, 6.45) is 7.79. The molecule has 25 heavy (non-hydrogen) atoms. The van der Waals surface area contributed by atoms with Crippen LogP contribution < -0.4 is 10.5 Å². The molecule has 0 bridgehead atoms. The Balaban J connectivity index is 1.63. The van der Waals surface area contributed by atoms with Crippen LogP contribution in [0.2, 0.25) is 0 Å². The van der Waals surface area contributed by atoms with E-state index >= 15 is 0 Å². The summed E-state index contributed by atoms with van der Waals surface area (Å²) in [5.41, 5.74) is 1.26. The lowest BCUT2D eigenvalue weighted by molar-refractivity contribution is 0.242. The SMILES string of the molecule is O=c1c2ccccc2nc2ccc(N3CCC[C@H]4CCCC[C@@H]43)nn12. The molecule has 5 nitrogen and oxygen atoms in total. The van der Waals surface area contributed by atoms with Crippen molar-refractivity contribution < 1.29 is 0 Å². The van der Waals surface area contributed by atoms with Crippen molar-refractivity contribution in [2.24, 2.45) is 5.92 Å². The highest BCUT2D eigenvalue weighted by Crippen LogP contribution is 2.37. The third-order valence-corrected chi connectivity index (χ3v) is 5.90. The minimum Gasteiger partial charge on any atom is -0.352 e. The van der Waals surface area contributed by atoms with E-state index in [1.807, 2.05) is 36.4 Å². The lowest BCUT2D eigenvalue weighted by Crippen LogP contribution is -2.47. The zero-order valence-electron chi connectivity index (χ0n) is 14.3. The van der Waals surface area contributed by atoms with Gasteiger partial charge in [0, 0.05) is 12.6 Å². The summed E-state index contributed by atoms with van der Waals surface area (Å²) in [7, 11) is 0. The Labute approximate surface area is 146 Å². The van der Waals surface area contributed by atoms with Crippen molar-refractivity contribution in [3.63, 3.8) is 0 Å². The van der Waals surface area contributed by atoms with Crippen LogP contribution in [0.3, 0.4) is 0 Å². The Hall–Kier alpha value is -2.43. The zero-order valence-corrected chi connectivity index (χ0v) is 14.3. The van der Waals surface area contributed by atoms with E-state index in [2.05, 4.69) is 9.88 Å². The van der Waals surface area contributed by atoms with Gasteiger partial charge in [-0.05, 0) is 55.9 Å². The average molecular weight is 334 g/mol. The lowest BCUT2D eigenvalue weighted by atomic mass is 9.78. The van der Waals surface area contributed by atoms with Gasteiger partial charge in [0.2, 0.25) is 0 Å². The number of hydrogen-bond donors (Lipinski definition) is 0. The van der Waals surface area contributed by atoms with E-state index in [9.17, 15) is 4.79 Å². The predicted molar refractivity (Wildman–Crippen MR) is 99.1 cm³/mol. The normalized spacial score (nSPS) is 23.8. The van der Waals surface area contributed by atoms with Crippen LogP contribution in [0, 0.1) is 5.92 Å². The molecule has 5 heteroatoms. The van der Waals surface area contributed by atoms with Gasteiger partial charge >= 0.3 is 0 Å². The van der Waals surface area contributed by atoms with Crippen LogP contribution in [0.4, 0.5) is 5.82 Å². The molecule has 5 rings (SSSR count). The molecule has 1 saturated carbocycles. The van der Waals surface area contributed by atoms with Crippen molar-refractivity contribution in [1.29, 1.82) is 0 Å². The molecule has 128 valence electrons. The van der Waals surface area contributed by atoms with Crippen LogP contribution >= 0.6 is 0 Å². The largest absolute Gasteiger partial charge is 0.352 e. The number of aromatic nitrogens is 3. The summed E-state index contributed by atoms with van der Waals surface area (Å²) in [5, 5.41) is 5.33. The van der Waals surface area contributed by atoms with E-state index in [1.165, 1.54) is 43.0 Å². The first-order chi connectivity index (χ1) is 12.3. The molecule has 1 aliphatic carbocycles. The summed E-state index contributed by atoms with van der Waals surface area (Å²) in [6, 6.07) is 12.0. The Morgan fingerprint density at radius 3 is 2.76 bits per heavy atom. The van der Waals surface area contributed by atoms with Crippen molar-refractivity contribution in [1.82, 2.24) is 14.6 Å². The number of hydrogen-bond acceptors (Lipinski definition) is 4. The minimum atomic E-state index is -0.0837. The number of anilines is 1. The summed E-state index contributed by atoms with van der Waals surface area (Å²) in [5.74, 6) is 1.70. The van der Waals surface area contributed by atoms with E-state index in [4.69, 9.17) is 5.10 Å². The minimum absolute atomic E-state index is 0.0837. The van der Waals surface area contributed by atoms with E-state index in [1.54, 1.807) is 0 Å². The van der Waals surface area contributed by atoms with E-state index in [0.717, 1.165) is 23.8 Å². The predicted octanol–water partition coefficient (Wildman–Crippen LogP) is 3.40. The first-order valence-corrected chi connectivity index (χ1v) is 9.37. The van der Waals surface area contributed by atoms with Crippen molar-refractivity contribution in [2.45, 2.75) is 44.6 Å². The first kappa shape index (κ1) is 14.9. The van der Waals surface area contributed by atoms with Gasteiger partial charge < -0.3 is 4.90 Å². The van der Waals surface area contributed by atoms with E-state index in [0.29, 0.717) is 17.1 Å². The summed E-state index contributed by atoms with van der Waals surface area (Å²) in [6.45, 7) is 1.04. The quantitative estimate of drug-likeness (QED) is 0.640. The number of rotatable bonds is 1. The van der Waals surface area contributed by atoms with Crippen LogP contribution in [-0.4, -0.2) is 27.2 Å². The highest BCUT2D eigenvalue weighted by molar-refractivity contribution is 5.79. The molecule has 0 unspecified atom stereocenters. The molecule has 0 amide bonds. The molecule has 0 radical (unpaired) electrons. The maximum atomic E-state index is 12.8. The third kappa shape index (κ3) is 2.41. The first-order valence-electron chi connectivity index (χ1n) is 9.37. The standard InChI is InChI=1S/C20H22N4O/c25-20-15-8-2-3-9-16(15)21-18-11-12-19(22-24(18)20)23-13-5-7-14-6-1-4-10-17(14)23/h2-3,8-9,11-12,14,17H,1,4-7,10,13H2/t14-,17+/m1/s1. The number of nitrogens with zero attached hydrogens (tertiary/aromatic N) is 4. The molecule has 2 fully saturated rings. The topological polar surface area (TPSA) is 50.5 Å². The van der Waals surface area contributed by atoms with Gasteiger partial charge in [-0.3, -0.25) is 4.79 Å². The van der Waals surface area contributed by atoms with Gasteiger partial charge in [-0.2, -0.15) is 4.52 Å². The fraction of sp³-hybridized carbons (Fsp3) is 0.450. The van der Waals surface area contributed by atoms with Crippen LogP contribution in [0.1, 0.15) is 38.5 Å². The Kier molecular flexibility index (Phi) is 3.47. The van der Waals surface area contributed by atoms with Crippen LogP contribution in [0.15, 0.2) is 41.2 Å². The van der Waals surface area contributed by atoms with Gasteiger partial charge in [-0.1, -0.05) is 25.0 Å². The third-order valence-electron chi connectivity index (χ3n) is 5.90. The molecule has 2 aromatic heterocycles. The summed E-state index contributed by atoms with van der Waals surface area (Å²) >= 11 is 0. The second kappa shape index (κ2) is 5.83. The van der Waals surface area contributed by atoms with Crippen LogP contribution in [0.25, 0.3) is 16.6 Å². The second-order valence-corrected chi connectivity index (χ2v) is 7.34. The van der Waals surface area contributed by atoms with Gasteiger partial charge in [0.1, 0.15) is 5.82 Å². The Morgan fingerprint density at radius 1 is 0.960 bits per heavy atom. The van der Waals surface area contributed by atoms with E-state index < -0.39 is 0 Å². The number of piperidine rings is 1. The van der Waals surface area contributed by atoms with Gasteiger partial charge in [0.25, 0.3) is 5.56 Å².